The maximum Gasteiger partial charge on any atom is 0.269 e. The number of carbonyl (C=O) groups is 1. The fourth-order valence-electron chi connectivity index (χ4n) is 1.95. The Morgan fingerprint density at radius 3 is 2.52 bits per heavy atom. The number of nitrogens with one attached hydrogen (secondary N) is 2. The lowest BCUT2D eigenvalue weighted by Crippen LogP contribution is -2.35. The fourth-order valence-corrected chi connectivity index (χ4v) is 1.95. The topological polar surface area (TPSA) is 59.6 Å². The Kier molecular flexibility index (Phi) is 3.47. The van der Waals surface area contributed by atoms with Crippen molar-refractivity contribution in [1.29, 1.82) is 0 Å². The van der Waals surface area contributed by atoms with Crippen LogP contribution in [0.3, 0.4) is 0 Å². The average molecular weight is 282 g/mol. The lowest BCUT2D eigenvalue weighted by Gasteiger charge is -2.11. The van der Waals surface area contributed by atoms with Crippen molar-refractivity contribution in [2.45, 2.75) is 0 Å². The van der Waals surface area contributed by atoms with Gasteiger partial charge in [0.25, 0.3) is 5.91 Å². The van der Waals surface area contributed by atoms with Gasteiger partial charge in [-0.25, -0.2) is 0 Å². The largest absolute Gasteiger partial charge is 0.454 e. The molecular formula is C16H14N2O3. The van der Waals surface area contributed by atoms with Crippen LogP contribution in [0.5, 0.6) is 11.5 Å². The predicted molar refractivity (Wildman–Crippen MR) is 78.6 cm³/mol. The molecule has 2 aromatic rings. The van der Waals surface area contributed by atoms with Gasteiger partial charge in [-0.3, -0.25) is 15.6 Å². The Labute approximate surface area is 122 Å². The van der Waals surface area contributed by atoms with Crippen LogP contribution >= 0.6 is 0 Å². The highest BCUT2D eigenvalue weighted by Crippen LogP contribution is 2.33. The molecule has 0 radical (unpaired) electrons. The zero-order valence-electron chi connectivity index (χ0n) is 11.3. The van der Waals surface area contributed by atoms with Crippen LogP contribution in [0.4, 0.5) is 0 Å². The highest BCUT2D eigenvalue weighted by Gasteiger charge is 2.14. The molecule has 5 heteroatoms. The van der Waals surface area contributed by atoms with Crippen LogP contribution in [0.15, 0.2) is 55.1 Å². The van der Waals surface area contributed by atoms with Crippen molar-refractivity contribution >= 4 is 11.6 Å². The number of hydrogen-bond donors (Lipinski definition) is 2. The molecule has 0 aliphatic carbocycles. The summed E-state index contributed by atoms with van der Waals surface area (Å²) in [5, 5.41) is 0. The molecule has 0 bridgehead atoms. The van der Waals surface area contributed by atoms with E-state index >= 15 is 0 Å². The van der Waals surface area contributed by atoms with Crippen molar-refractivity contribution in [1.82, 2.24) is 10.9 Å². The molecule has 0 spiro atoms. The van der Waals surface area contributed by atoms with E-state index in [4.69, 9.17) is 9.47 Å². The summed E-state index contributed by atoms with van der Waals surface area (Å²) in [6, 6.07) is 14.4. The number of ether oxygens (including phenoxy) is 2. The van der Waals surface area contributed by atoms with Crippen LogP contribution < -0.4 is 20.3 Å². The summed E-state index contributed by atoms with van der Waals surface area (Å²) in [6.07, 6.45) is 0. The van der Waals surface area contributed by atoms with Crippen LogP contribution in [-0.4, -0.2) is 12.7 Å². The predicted octanol–water partition coefficient (Wildman–Crippen LogP) is 2.32. The van der Waals surface area contributed by atoms with E-state index < -0.39 is 0 Å². The SMILES string of the molecule is C=C(NNC(=O)c1ccccc1)c1ccc2c(c1)OCO2. The molecule has 0 saturated carbocycles. The Morgan fingerprint density at radius 2 is 1.71 bits per heavy atom. The molecule has 21 heavy (non-hydrogen) atoms. The van der Waals surface area contributed by atoms with Gasteiger partial charge in [-0.1, -0.05) is 24.8 Å². The molecule has 0 atom stereocenters. The van der Waals surface area contributed by atoms with Crippen molar-refractivity contribution in [3.05, 3.63) is 66.2 Å². The summed E-state index contributed by atoms with van der Waals surface area (Å²) in [5.74, 6) is 1.15. The number of benzene rings is 2. The first-order valence-electron chi connectivity index (χ1n) is 6.44. The molecule has 0 unspecified atom stereocenters. The summed E-state index contributed by atoms with van der Waals surface area (Å²) in [6.45, 7) is 4.12. The van der Waals surface area contributed by atoms with Crippen molar-refractivity contribution < 1.29 is 14.3 Å². The van der Waals surface area contributed by atoms with Gasteiger partial charge in [0.1, 0.15) is 0 Å². The van der Waals surface area contributed by atoms with Crippen molar-refractivity contribution in [2.75, 3.05) is 6.79 Å². The Morgan fingerprint density at radius 1 is 0.952 bits per heavy atom. The van der Waals surface area contributed by atoms with Gasteiger partial charge < -0.3 is 9.47 Å². The molecule has 2 N–H and O–H groups in total. The number of rotatable bonds is 4. The lowest BCUT2D eigenvalue weighted by atomic mass is 10.1. The van der Waals surface area contributed by atoms with Gasteiger partial charge in [-0.2, -0.15) is 0 Å². The van der Waals surface area contributed by atoms with E-state index in [1.54, 1.807) is 12.1 Å². The molecule has 1 aliphatic rings. The third-order valence-electron chi connectivity index (χ3n) is 3.08. The summed E-state index contributed by atoms with van der Waals surface area (Å²) in [4.78, 5) is 11.9. The number of hydrazine groups is 1. The van der Waals surface area contributed by atoms with E-state index in [-0.39, 0.29) is 12.7 Å². The first-order valence-corrected chi connectivity index (χ1v) is 6.44. The van der Waals surface area contributed by atoms with Gasteiger partial charge in [0.2, 0.25) is 6.79 Å². The highest BCUT2D eigenvalue weighted by molar-refractivity contribution is 5.94. The smallest absolute Gasteiger partial charge is 0.269 e. The number of carbonyl (C=O) groups excluding carboxylic acids is 1. The second kappa shape index (κ2) is 5.58. The Bertz CT molecular complexity index is 683. The molecule has 3 rings (SSSR count). The second-order valence-corrected chi connectivity index (χ2v) is 4.49. The number of fused-ring (bicyclic) bond motifs is 1. The minimum atomic E-state index is -0.225. The molecule has 1 heterocycles. The first kappa shape index (κ1) is 13.1. The molecule has 106 valence electrons. The van der Waals surface area contributed by atoms with Crippen LogP contribution in [0.1, 0.15) is 15.9 Å². The van der Waals surface area contributed by atoms with E-state index in [1.807, 2.05) is 36.4 Å². The van der Waals surface area contributed by atoms with Gasteiger partial charge in [0.15, 0.2) is 11.5 Å². The highest BCUT2D eigenvalue weighted by atomic mass is 16.7. The normalized spacial score (nSPS) is 11.8. The van der Waals surface area contributed by atoms with Crippen LogP contribution in [-0.2, 0) is 0 Å². The first-order chi connectivity index (χ1) is 10.2. The molecule has 1 aliphatic heterocycles. The number of amides is 1. The molecule has 1 amide bonds. The molecular weight excluding hydrogens is 268 g/mol. The summed E-state index contributed by atoms with van der Waals surface area (Å²) < 4.78 is 10.6. The maximum absolute atomic E-state index is 11.9. The minimum absolute atomic E-state index is 0.225. The fraction of sp³-hybridized carbons (Fsp3) is 0.0625. The molecule has 2 aromatic carbocycles. The molecule has 0 fully saturated rings. The summed E-state index contributed by atoms with van der Waals surface area (Å²) in [7, 11) is 0. The van der Waals surface area contributed by atoms with Crippen molar-refractivity contribution in [2.24, 2.45) is 0 Å². The standard InChI is InChI=1S/C16H14N2O3/c1-11(13-7-8-14-15(9-13)21-10-20-14)17-18-16(19)12-5-3-2-4-6-12/h2-9,17H,1,10H2,(H,18,19). The summed E-state index contributed by atoms with van der Waals surface area (Å²) >= 11 is 0. The number of hydrogen-bond acceptors (Lipinski definition) is 4. The minimum Gasteiger partial charge on any atom is -0.454 e. The van der Waals surface area contributed by atoms with Crippen LogP contribution in [0, 0.1) is 0 Å². The monoisotopic (exact) mass is 282 g/mol. The zero-order chi connectivity index (χ0) is 14.7. The van der Waals surface area contributed by atoms with Gasteiger partial charge in [0, 0.05) is 11.1 Å². The van der Waals surface area contributed by atoms with E-state index in [0.29, 0.717) is 22.8 Å². The summed E-state index contributed by atoms with van der Waals surface area (Å²) in [5.41, 5.74) is 7.35. The second-order valence-electron chi connectivity index (χ2n) is 4.49. The quantitative estimate of drug-likeness (QED) is 0.845. The zero-order valence-corrected chi connectivity index (χ0v) is 11.3. The molecule has 0 saturated heterocycles. The van der Waals surface area contributed by atoms with Crippen LogP contribution in [0.2, 0.25) is 0 Å². The molecule has 5 nitrogen and oxygen atoms in total. The van der Waals surface area contributed by atoms with Gasteiger partial charge in [-0.15, -0.1) is 0 Å². The van der Waals surface area contributed by atoms with Crippen molar-refractivity contribution in [3.63, 3.8) is 0 Å². The van der Waals surface area contributed by atoms with Gasteiger partial charge >= 0.3 is 0 Å². The third kappa shape index (κ3) is 2.81. The lowest BCUT2D eigenvalue weighted by molar-refractivity contribution is 0.0942. The van der Waals surface area contributed by atoms with E-state index in [1.165, 1.54) is 0 Å². The van der Waals surface area contributed by atoms with Gasteiger partial charge in [-0.05, 0) is 30.3 Å². The Balaban J connectivity index is 1.63. The van der Waals surface area contributed by atoms with Crippen LogP contribution in [0.25, 0.3) is 5.70 Å². The molecule has 0 aromatic heterocycles. The maximum atomic E-state index is 11.9. The van der Waals surface area contributed by atoms with E-state index in [0.717, 1.165) is 5.56 Å². The Hall–Kier alpha value is -2.95. The average Bonchev–Trinajstić information content (AvgIpc) is 3.00. The van der Waals surface area contributed by atoms with E-state index in [9.17, 15) is 4.79 Å². The third-order valence-corrected chi connectivity index (χ3v) is 3.08. The van der Waals surface area contributed by atoms with E-state index in [2.05, 4.69) is 17.4 Å². The van der Waals surface area contributed by atoms with Gasteiger partial charge in [0.05, 0.1) is 5.70 Å². The van der Waals surface area contributed by atoms with Crippen molar-refractivity contribution in [3.8, 4) is 11.5 Å².